The molecule has 2 heterocycles. The summed E-state index contributed by atoms with van der Waals surface area (Å²) in [6, 6.07) is 66.6. The average Bonchev–Trinajstić information content (AvgIpc) is 3.77. The Hall–Kier alpha value is -6.41. The van der Waals surface area contributed by atoms with Gasteiger partial charge in [0.15, 0.2) is 7.14 Å². The lowest BCUT2D eigenvalue weighted by atomic mass is 9.96. The van der Waals surface area contributed by atoms with E-state index in [2.05, 4.69) is 126 Å². The van der Waals surface area contributed by atoms with Crippen molar-refractivity contribution in [3.05, 3.63) is 194 Å². The zero-order chi connectivity index (χ0) is 34.6. The van der Waals surface area contributed by atoms with Crippen LogP contribution in [0.4, 0.5) is 0 Å². The normalized spacial score (nSPS) is 11.9. The monoisotopic (exact) mass is 685 g/mol. The van der Waals surface area contributed by atoms with Gasteiger partial charge in [0.25, 0.3) is 0 Å². The van der Waals surface area contributed by atoms with E-state index in [0.717, 1.165) is 65.8 Å². The molecule has 52 heavy (non-hydrogen) atoms. The van der Waals surface area contributed by atoms with Gasteiger partial charge < -0.3 is 13.5 Å². The predicted octanol–water partition coefficient (Wildman–Crippen LogP) is 11.7. The molecule has 0 saturated carbocycles. The summed E-state index contributed by atoms with van der Waals surface area (Å²) in [4.78, 5) is 0. The fourth-order valence-corrected chi connectivity index (χ4v) is 10.5. The molecule has 0 aliphatic carbocycles. The smallest absolute Gasteiger partial charge is 0.171 e. The lowest BCUT2D eigenvalue weighted by Gasteiger charge is -2.20. The summed E-state index contributed by atoms with van der Waals surface area (Å²) in [6.07, 6.45) is 0. The molecule has 8 aromatic carbocycles. The van der Waals surface area contributed by atoms with E-state index in [4.69, 9.17) is 4.42 Å². The minimum absolute atomic E-state index is 0.809. The van der Waals surface area contributed by atoms with Crippen LogP contribution < -0.4 is 15.9 Å². The van der Waals surface area contributed by atoms with E-state index in [0.29, 0.717) is 0 Å². The van der Waals surface area contributed by atoms with Crippen LogP contribution in [0.5, 0.6) is 0 Å². The molecule has 0 saturated heterocycles. The second kappa shape index (κ2) is 12.1. The van der Waals surface area contributed by atoms with E-state index in [1.165, 1.54) is 21.8 Å². The molecular weight excluding hydrogens is 654 g/mol. The van der Waals surface area contributed by atoms with Crippen LogP contribution >= 0.6 is 7.14 Å². The number of para-hydroxylation sites is 2. The van der Waals surface area contributed by atoms with Gasteiger partial charge in [-0.1, -0.05) is 140 Å². The van der Waals surface area contributed by atoms with Crippen molar-refractivity contribution < 1.29 is 8.98 Å². The number of benzene rings is 8. The quantitative estimate of drug-likeness (QED) is 0.163. The highest BCUT2D eigenvalue weighted by Gasteiger charge is 2.30. The Bertz CT molecular complexity index is 2940. The van der Waals surface area contributed by atoms with Gasteiger partial charge in [0.2, 0.25) is 0 Å². The summed E-state index contributed by atoms with van der Waals surface area (Å²) >= 11 is 0. The van der Waals surface area contributed by atoms with Crippen molar-refractivity contribution >= 4 is 66.8 Å². The van der Waals surface area contributed by atoms with Crippen LogP contribution in [0.15, 0.2) is 199 Å². The lowest BCUT2D eigenvalue weighted by molar-refractivity contribution is 0.592. The number of hydrogen-bond donors (Lipinski definition) is 0. The van der Waals surface area contributed by atoms with Crippen LogP contribution in [0, 0.1) is 0 Å². The van der Waals surface area contributed by atoms with Crippen LogP contribution in [-0.4, -0.2) is 4.57 Å². The van der Waals surface area contributed by atoms with Crippen LogP contribution in [-0.2, 0) is 4.57 Å². The van der Waals surface area contributed by atoms with Gasteiger partial charge in [0.1, 0.15) is 11.2 Å². The van der Waals surface area contributed by atoms with E-state index >= 15 is 4.57 Å². The SMILES string of the molecule is O=P(c1ccccc1)(c1ccccc1)c1cccc(-c2ccc3oc4cccc(-c5ccc6c(c5)c5ccccc5n6-c5ccccc5)c4c3c2)c1. The van der Waals surface area contributed by atoms with Crippen molar-refractivity contribution in [1.82, 2.24) is 4.57 Å². The molecule has 0 bridgehead atoms. The first-order chi connectivity index (χ1) is 25.7. The molecule has 0 amide bonds. The molecule has 0 atom stereocenters. The summed E-state index contributed by atoms with van der Waals surface area (Å²) in [7, 11) is -3.12. The first-order valence-corrected chi connectivity index (χ1v) is 19.2. The molecular formula is C48H32NO2P. The molecule has 0 unspecified atom stereocenters. The molecule has 3 nitrogen and oxygen atoms in total. The minimum atomic E-state index is -3.12. The van der Waals surface area contributed by atoms with Gasteiger partial charge >= 0.3 is 0 Å². The van der Waals surface area contributed by atoms with Gasteiger partial charge in [0, 0.05) is 43.1 Å². The molecule has 0 fully saturated rings. The largest absolute Gasteiger partial charge is 0.456 e. The summed E-state index contributed by atoms with van der Waals surface area (Å²) in [6.45, 7) is 0. The molecule has 0 aliphatic rings. The van der Waals surface area contributed by atoms with Crippen molar-refractivity contribution in [1.29, 1.82) is 0 Å². The highest BCUT2D eigenvalue weighted by atomic mass is 31.2. The van der Waals surface area contributed by atoms with E-state index in [1.54, 1.807) is 0 Å². The van der Waals surface area contributed by atoms with E-state index in [-0.39, 0.29) is 0 Å². The summed E-state index contributed by atoms with van der Waals surface area (Å²) < 4.78 is 24.0. The second-order valence-corrected chi connectivity index (χ2v) is 16.0. The van der Waals surface area contributed by atoms with Gasteiger partial charge in [-0.05, 0) is 76.9 Å². The summed E-state index contributed by atoms with van der Waals surface area (Å²) in [5, 5.41) is 7.02. The molecule has 10 rings (SSSR count). The molecule has 2 aromatic heterocycles. The Labute approximate surface area is 301 Å². The Morgan fingerprint density at radius 3 is 1.77 bits per heavy atom. The lowest BCUT2D eigenvalue weighted by Crippen LogP contribution is -2.25. The molecule has 10 aromatic rings. The Kier molecular flexibility index (Phi) is 7.09. The Morgan fingerprint density at radius 1 is 0.404 bits per heavy atom. The topological polar surface area (TPSA) is 35.1 Å². The number of fused-ring (bicyclic) bond motifs is 6. The first kappa shape index (κ1) is 30.4. The van der Waals surface area contributed by atoms with Crippen molar-refractivity contribution in [2.75, 3.05) is 0 Å². The van der Waals surface area contributed by atoms with Crippen LogP contribution in [0.3, 0.4) is 0 Å². The standard InChI is InChI=1S/C48H32NO2P/c50-52(37-17-6-2-7-18-37,38-19-8-3-9-20-38)39-21-12-14-33(30-39)34-27-29-46-43(31-34)48-40(23-13-25-47(48)51-46)35-26-28-45-42(32-35)41-22-10-11-24-44(41)49(45)36-15-4-1-5-16-36/h1-32H. The highest BCUT2D eigenvalue weighted by Crippen LogP contribution is 2.44. The number of hydrogen-bond acceptors (Lipinski definition) is 2. The number of aromatic nitrogens is 1. The van der Waals surface area contributed by atoms with Crippen molar-refractivity contribution in [3.63, 3.8) is 0 Å². The molecule has 4 heteroatoms. The van der Waals surface area contributed by atoms with Gasteiger partial charge in [0.05, 0.1) is 11.0 Å². The minimum Gasteiger partial charge on any atom is -0.456 e. The molecule has 0 radical (unpaired) electrons. The van der Waals surface area contributed by atoms with Crippen molar-refractivity contribution in [2.24, 2.45) is 0 Å². The van der Waals surface area contributed by atoms with Crippen LogP contribution in [0.1, 0.15) is 0 Å². The van der Waals surface area contributed by atoms with E-state index in [9.17, 15) is 0 Å². The number of furan rings is 1. The molecule has 0 spiro atoms. The molecule has 0 aliphatic heterocycles. The third kappa shape index (κ3) is 4.78. The van der Waals surface area contributed by atoms with E-state index in [1.807, 2.05) is 72.8 Å². The predicted molar refractivity (Wildman–Crippen MR) is 218 cm³/mol. The van der Waals surface area contributed by atoms with Gasteiger partial charge in [-0.2, -0.15) is 0 Å². The van der Waals surface area contributed by atoms with Crippen molar-refractivity contribution in [2.45, 2.75) is 0 Å². The molecule has 246 valence electrons. The maximum atomic E-state index is 15.2. The van der Waals surface area contributed by atoms with Crippen LogP contribution in [0.2, 0.25) is 0 Å². The maximum absolute atomic E-state index is 15.2. The number of rotatable bonds is 6. The van der Waals surface area contributed by atoms with E-state index < -0.39 is 7.14 Å². The average molecular weight is 686 g/mol. The summed E-state index contributed by atoms with van der Waals surface area (Å²) in [5.41, 5.74) is 9.49. The fourth-order valence-electron chi connectivity index (χ4n) is 7.85. The van der Waals surface area contributed by atoms with Gasteiger partial charge in [-0.15, -0.1) is 0 Å². The zero-order valence-corrected chi connectivity index (χ0v) is 29.1. The second-order valence-electron chi connectivity index (χ2n) is 13.2. The Morgan fingerprint density at radius 2 is 1.00 bits per heavy atom. The fraction of sp³-hybridized carbons (Fsp3) is 0. The number of nitrogens with zero attached hydrogens (tertiary/aromatic N) is 1. The third-order valence-electron chi connectivity index (χ3n) is 10.3. The first-order valence-electron chi connectivity index (χ1n) is 17.5. The van der Waals surface area contributed by atoms with Crippen molar-refractivity contribution in [3.8, 4) is 27.9 Å². The maximum Gasteiger partial charge on any atom is 0.171 e. The summed E-state index contributed by atoms with van der Waals surface area (Å²) in [5.74, 6) is 0. The highest BCUT2D eigenvalue weighted by molar-refractivity contribution is 7.85. The Balaban J connectivity index is 1.13. The van der Waals surface area contributed by atoms with Crippen LogP contribution in [0.25, 0.3) is 71.7 Å². The molecule has 0 N–H and O–H groups in total. The zero-order valence-electron chi connectivity index (χ0n) is 28.2. The third-order valence-corrected chi connectivity index (χ3v) is 13.3. The van der Waals surface area contributed by atoms with Gasteiger partial charge in [-0.3, -0.25) is 0 Å². The van der Waals surface area contributed by atoms with Gasteiger partial charge in [-0.25, -0.2) is 0 Å².